The van der Waals surface area contributed by atoms with E-state index in [0.717, 1.165) is 19.3 Å². The number of rotatable bonds is 12. The summed E-state index contributed by atoms with van der Waals surface area (Å²) in [6.45, 7) is 2.31. The molecule has 0 aliphatic heterocycles. The summed E-state index contributed by atoms with van der Waals surface area (Å²) >= 11 is 0. The first-order valence-corrected chi connectivity index (χ1v) is 7.26. The van der Waals surface area contributed by atoms with Crippen molar-refractivity contribution in [2.45, 2.75) is 70.5 Å². The molecule has 0 bridgehead atoms. The minimum Gasteiger partial charge on any atom is -0.479 e. The van der Waals surface area contributed by atoms with Crippen molar-refractivity contribution in [3.05, 3.63) is 0 Å². The average molecular weight is 290 g/mol. The molecule has 118 valence electrons. The van der Waals surface area contributed by atoms with Crippen molar-refractivity contribution in [3.63, 3.8) is 0 Å². The molecule has 0 aliphatic rings. The van der Waals surface area contributed by atoms with E-state index in [4.69, 9.17) is 14.9 Å². The van der Waals surface area contributed by atoms with Gasteiger partial charge in [0.05, 0.1) is 6.61 Å². The number of aliphatic hydroxyl groups is 2. The lowest BCUT2D eigenvalue weighted by molar-refractivity contribution is -0.169. The molecular formula is C14H26O6. The van der Waals surface area contributed by atoms with Crippen LogP contribution in [0, 0.1) is 0 Å². The zero-order chi connectivity index (χ0) is 15.4. The molecule has 0 aromatic heterocycles. The second-order valence-electron chi connectivity index (χ2n) is 4.87. The van der Waals surface area contributed by atoms with Crippen LogP contribution in [0.3, 0.4) is 0 Å². The van der Waals surface area contributed by atoms with Crippen LogP contribution in [0.1, 0.15) is 58.3 Å². The molecule has 6 nitrogen and oxygen atoms in total. The molecule has 20 heavy (non-hydrogen) atoms. The molecule has 0 aromatic carbocycles. The average Bonchev–Trinajstić information content (AvgIpc) is 2.43. The SMILES string of the molecule is CCCCCCCCCCOC(=O)C(O)C(O)C(=O)O. The van der Waals surface area contributed by atoms with Gasteiger partial charge in [-0.05, 0) is 6.42 Å². The smallest absolute Gasteiger partial charge is 0.338 e. The fraction of sp³-hybridized carbons (Fsp3) is 0.857. The predicted molar refractivity (Wildman–Crippen MR) is 73.2 cm³/mol. The normalized spacial score (nSPS) is 13.8. The zero-order valence-corrected chi connectivity index (χ0v) is 12.1. The molecule has 6 heteroatoms. The van der Waals surface area contributed by atoms with Gasteiger partial charge in [-0.1, -0.05) is 51.9 Å². The zero-order valence-electron chi connectivity index (χ0n) is 12.1. The number of carboxylic acid groups (broad SMARTS) is 1. The number of unbranched alkanes of at least 4 members (excludes halogenated alkanes) is 7. The summed E-state index contributed by atoms with van der Waals surface area (Å²) in [5, 5.41) is 26.5. The van der Waals surface area contributed by atoms with Crippen LogP contribution >= 0.6 is 0 Å². The van der Waals surface area contributed by atoms with Gasteiger partial charge in [0.1, 0.15) is 0 Å². The minimum absolute atomic E-state index is 0.136. The quantitative estimate of drug-likeness (QED) is 0.371. The molecule has 0 amide bonds. The van der Waals surface area contributed by atoms with Crippen molar-refractivity contribution in [2.24, 2.45) is 0 Å². The number of carbonyl (C=O) groups excluding carboxylic acids is 1. The Labute approximate surface area is 119 Å². The monoisotopic (exact) mass is 290 g/mol. The number of aliphatic hydroxyl groups excluding tert-OH is 2. The molecule has 0 radical (unpaired) electrons. The molecule has 0 heterocycles. The van der Waals surface area contributed by atoms with Crippen molar-refractivity contribution in [2.75, 3.05) is 6.61 Å². The number of hydrogen-bond acceptors (Lipinski definition) is 5. The van der Waals surface area contributed by atoms with Gasteiger partial charge in [0.15, 0.2) is 12.2 Å². The Morgan fingerprint density at radius 1 is 0.900 bits per heavy atom. The van der Waals surface area contributed by atoms with Crippen molar-refractivity contribution in [1.29, 1.82) is 0 Å². The van der Waals surface area contributed by atoms with Crippen molar-refractivity contribution < 1.29 is 29.6 Å². The van der Waals surface area contributed by atoms with Gasteiger partial charge in [-0.2, -0.15) is 0 Å². The molecule has 0 aromatic rings. The first kappa shape index (κ1) is 18.9. The van der Waals surface area contributed by atoms with Gasteiger partial charge in [0, 0.05) is 0 Å². The van der Waals surface area contributed by atoms with Gasteiger partial charge in [0.25, 0.3) is 0 Å². The maximum atomic E-state index is 11.2. The lowest BCUT2D eigenvalue weighted by atomic mass is 10.1. The van der Waals surface area contributed by atoms with E-state index in [1.54, 1.807) is 0 Å². The largest absolute Gasteiger partial charge is 0.479 e. The molecule has 0 fully saturated rings. The highest BCUT2D eigenvalue weighted by Crippen LogP contribution is 2.08. The number of carboxylic acids is 1. The second kappa shape index (κ2) is 11.7. The van der Waals surface area contributed by atoms with E-state index < -0.39 is 24.1 Å². The Morgan fingerprint density at radius 3 is 1.90 bits per heavy atom. The summed E-state index contributed by atoms with van der Waals surface area (Å²) in [4.78, 5) is 21.6. The van der Waals surface area contributed by atoms with Crippen LogP contribution in [0.2, 0.25) is 0 Å². The summed E-state index contributed by atoms with van der Waals surface area (Å²) in [6.07, 6.45) is 4.63. The molecule has 0 saturated carbocycles. The van der Waals surface area contributed by atoms with Gasteiger partial charge in [-0.25, -0.2) is 9.59 Å². The Kier molecular flexibility index (Phi) is 11.0. The highest BCUT2D eigenvalue weighted by Gasteiger charge is 2.31. The van der Waals surface area contributed by atoms with E-state index in [1.807, 2.05) is 0 Å². The number of hydrogen-bond donors (Lipinski definition) is 3. The maximum Gasteiger partial charge on any atom is 0.338 e. The van der Waals surface area contributed by atoms with E-state index in [1.165, 1.54) is 25.7 Å². The molecule has 0 aliphatic carbocycles. The van der Waals surface area contributed by atoms with Crippen molar-refractivity contribution in [1.82, 2.24) is 0 Å². The van der Waals surface area contributed by atoms with Gasteiger partial charge in [-0.3, -0.25) is 0 Å². The van der Waals surface area contributed by atoms with Crippen LogP contribution in [0.4, 0.5) is 0 Å². The predicted octanol–water partition coefficient (Wildman–Crippen LogP) is 1.48. The molecule has 0 rings (SSSR count). The maximum absolute atomic E-state index is 11.2. The Morgan fingerprint density at radius 2 is 1.40 bits per heavy atom. The van der Waals surface area contributed by atoms with Gasteiger partial charge in [0.2, 0.25) is 0 Å². The van der Waals surface area contributed by atoms with Crippen LogP contribution in [0.5, 0.6) is 0 Å². The van der Waals surface area contributed by atoms with E-state index in [0.29, 0.717) is 6.42 Å². The Hall–Kier alpha value is -1.14. The van der Waals surface area contributed by atoms with E-state index >= 15 is 0 Å². The van der Waals surface area contributed by atoms with E-state index in [-0.39, 0.29) is 6.61 Å². The summed E-state index contributed by atoms with van der Waals surface area (Å²) in [7, 11) is 0. The standard InChI is InChI=1S/C14H26O6/c1-2-3-4-5-6-7-8-9-10-20-14(19)12(16)11(15)13(17)18/h11-12,15-16H,2-10H2,1H3,(H,17,18). The highest BCUT2D eigenvalue weighted by molar-refractivity contribution is 5.84. The third kappa shape index (κ3) is 8.87. The fourth-order valence-electron chi connectivity index (χ4n) is 1.76. The fourth-order valence-corrected chi connectivity index (χ4v) is 1.76. The molecule has 2 unspecified atom stereocenters. The number of aliphatic carboxylic acids is 1. The molecular weight excluding hydrogens is 264 g/mol. The minimum atomic E-state index is -2.14. The topological polar surface area (TPSA) is 104 Å². The van der Waals surface area contributed by atoms with Crippen molar-refractivity contribution >= 4 is 11.9 Å². The molecule has 3 N–H and O–H groups in total. The van der Waals surface area contributed by atoms with Crippen LogP contribution in [-0.2, 0) is 14.3 Å². The van der Waals surface area contributed by atoms with Crippen LogP contribution < -0.4 is 0 Å². The molecule has 0 saturated heterocycles. The Bertz CT molecular complexity index is 279. The van der Waals surface area contributed by atoms with Crippen molar-refractivity contribution in [3.8, 4) is 0 Å². The number of carbonyl (C=O) groups is 2. The molecule has 0 spiro atoms. The van der Waals surface area contributed by atoms with E-state index in [2.05, 4.69) is 6.92 Å². The number of esters is 1. The highest BCUT2D eigenvalue weighted by atomic mass is 16.5. The second-order valence-corrected chi connectivity index (χ2v) is 4.87. The summed E-state index contributed by atoms with van der Waals surface area (Å²) in [5.74, 6) is -2.75. The summed E-state index contributed by atoms with van der Waals surface area (Å²) in [6, 6.07) is 0. The van der Waals surface area contributed by atoms with Gasteiger partial charge >= 0.3 is 11.9 Å². The first-order chi connectivity index (χ1) is 9.50. The van der Waals surface area contributed by atoms with Crippen LogP contribution in [0.15, 0.2) is 0 Å². The third-order valence-electron chi connectivity index (χ3n) is 3.04. The summed E-state index contributed by atoms with van der Waals surface area (Å²) in [5.41, 5.74) is 0. The van der Waals surface area contributed by atoms with Gasteiger partial charge in [-0.15, -0.1) is 0 Å². The molecule has 2 atom stereocenters. The van der Waals surface area contributed by atoms with Gasteiger partial charge < -0.3 is 20.1 Å². The lowest BCUT2D eigenvalue weighted by Gasteiger charge is -2.13. The lowest BCUT2D eigenvalue weighted by Crippen LogP contribution is -2.40. The first-order valence-electron chi connectivity index (χ1n) is 7.26. The Balaban J connectivity index is 3.50. The van der Waals surface area contributed by atoms with Crippen LogP contribution in [0.25, 0.3) is 0 Å². The van der Waals surface area contributed by atoms with E-state index in [9.17, 15) is 14.7 Å². The summed E-state index contributed by atoms with van der Waals surface area (Å²) < 4.78 is 4.71. The van der Waals surface area contributed by atoms with Crippen LogP contribution in [-0.4, -0.2) is 46.1 Å². The third-order valence-corrected chi connectivity index (χ3v) is 3.04. The number of ether oxygens (including phenoxy) is 1.